The van der Waals surface area contributed by atoms with Crippen molar-refractivity contribution in [2.24, 2.45) is 0 Å². The van der Waals surface area contributed by atoms with Crippen LogP contribution in [0.25, 0.3) is 10.6 Å². The smallest absolute Gasteiger partial charge is 0.409 e. The summed E-state index contributed by atoms with van der Waals surface area (Å²) in [5.41, 5.74) is 2.59. The van der Waals surface area contributed by atoms with Crippen molar-refractivity contribution in [1.29, 1.82) is 0 Å². The molecule has 1 aliphatic rings. The van der Waals surface area contributed by atoms with Crippen LogP contribution in [0.3, 0.4) is 0 Å². The minimum Gasteiger partial charge on any atom is -0.453 e. The summed E-state index contributed by atoms with van der Waals surface area (Å²) >= 11 is 1.58. The molecular formula is C16H17N3O3S. The maximum atomic E-state index is 12.2. The minimum atomic E-state index is -0.362. The Bertz CT molecular complexity index is 720. The molecule has 6 nitrogen and oxygen atoms in total. The Morgan fingerprint density at radius 2 is 2.00 bits per heavy atom. The first-order chi connectivity index (χ1) is 11.1. The van der Waals surface area contributed by atoms with E-state index in [0.717, 1.165) is 16.3 Å². The van der Waals surface area contributed by atoms with Crippen LogP contribution in [0.15, 0.2) is 29.6 Å². The van der Waals surface area contributed by atoms with Crippen LogP contribution in [0.4, 0.5) is 4.79 Å². The number of aryl methyl sites for hydroxylation is 1. The summed E-state index contributed by atoms with van der Waals surface area (Å²) in [5, 5.41) is 5.85. The van der Waals surface area contributed by atoms with Crippen LogP contribution in [0.1, 0.15) is 16.1 Å². The van der Waals surface area contributed by atoms with E-state index in [2.05, 4.69) is 15.0 Å². The first-order valence-electron chi connectivity index (χ1n) is 7.23. The molecule has 7 heteroatoms. The van der Waals surface area contributed by atoms with Gasteiger partial charge < -0.3 is 15.0 Å². The van der Waals surface area contributed by atoms with E-state index < -0.39 is 0 Å². The summed E-state index contributed by atoms with van der Waals surface area (Å²) < 4.78 is 4.62. The highest BCUT2D eigenvalue weighted by Crippen LogP contribution is 2.23. The van der Waals surface area contributed by atoms with Gasteiger partial charge in [-0.1, -0.05) is 12.1 Å². The number of carbonyl (C=O) groups excluding carboxylic acids is 2. The minimum absolute atomic E-state index is 0.0251. The Kier molecular flexibility index (Phi) is 4.29. The first-order valence-corrected chi connectivity index (χ1v) is 8.11. The lowest BCUT2D eigenvalue weighted by Crippen LogP contribution is -2.60. The second-order valence-electron chi connectivity index (χ2n) is 5.42. The number of aromatic nitrogens is 1. The Morgan fingerprint density at radius 3 is 2.57 bits per heavy atom. The number of hydrogen-bond acceptors (Lipinski definition) is 5. The van der Waals surface area contributed by atoms with Crippen LogP contribution >= 0.6 is 11.3 Å². The lowest BCUT2D eigenvalue weighted by molar-refractivity contribution is 0.0697. The monoisotopic (exact) mass is 331 g/mol. The molecule has 2 amide bonds. The van der Waals surface area contributed by atoms with Crippen LogP contribution in [0.2, 0.25) is 0 Å². The number of nitrogens with one attached hydrogen (secondary N) is 1. The molecule has 1 saturated heterocycles. The summed E-state index contributed by atoms with van der Waals surface area (Å²) in [6.07, 6.45) is -0.362. The molecule has 23 heavy (non-hydrogen) atoms. The Balaban J connectivity index is 1.57. The molecule has 2 aromatic rings. The van der Waals surface area contributed by atoms with E-state index in [1.54, 1.807) is 28.4 Å². The zero-order valence-corrected chi connectivity index (χ0v) is 13.7. The molecule has 1 aromatic carbocycles. The van der Waals surface area contributed by atoms with Crippen molar-refractivity contribution in [3.8, 4) is 10.6 Å². The van der Waals surface area contributed by atoms with E-state index in [-0.39, 0.29) is 18.0 Å². The highest BCUT2D eigenvalue weighted by atomic mass is 32.1. The van der Waals surface area contributed by atoms with Crippen molar-refractivity contribution in [3.05, 3.63) is 40.9 Å². The maximum Gasteiger partial charge on any atom is 0.409 e. The predicted molar refractivity (Wildman–Crippen MR) is 87.5 cm³/mol. The zero-order chi connectivity index (χ0) is 16.4. The maximum absolute atomic E-state index is 12.2. The summed E-state index contributed by atoms with van der Waals surface area (Å²) in [6.45, 7) is 2.92. The quantitative estimate of drug-likeness (QED) is 0.937. The van der Waals surface area contributed by atoms with Gasteiger partial charge in [-0.25, -0.2) is 9.78 Å². The van der Waals surface area contributed by atoms with Crippen molar-refractivity contribution in [3.63, 3.8) is 0 Å². The molecule has 1 aliphatic heterocycles. The molecule has 120 valence electrons. The fourth-order valence-corrected chi connectivity index (χ4v) is 3.17. The van der Waals surface area contributed by atoms with E-state index in [1.807, 2.05) is 24.4 Å². The van der Waals surface area contributed by atoms with Gasteiger partial charge >= 0.3 is 6.09 Å². The van der Waals surface area contributed by atoms with Gasteiger partial charge in [0.2, 0.25) is 0 Å². The van der Waals surface area contributed by atoms with Gasteiger partial charge in [-0.05, 0) is 19.1 Å². The van der Waals surface area contributed by atoms with Crippen molar-refractivity contribution in [1.82, 2.24) is 15.2 Å². The number of carbonyl (C=O) groups is 2. The van der Waals surface area contributed by atoms with Crippen LogP contribution in [-0.4, -0.2) is 48.1 Å². The number of nitrogens with zero attached hydrogens (tertiary/aromatic N) is 2. The van der Waals surface area contributed by atoms with Gasteiger partial charge in [-0.3, -0.25) is 4.79 Å². The number of ether oxygens (including phenoxy) is 1. The normalized spacial score (nSPS) is 14.3. The highest BCUT2D eigenvalue weighted by molar-refractivity contribution is 7.13. The van der Waals surface area contributed by atoms with Crippen molar-refractivity contribution in [2.75, 3.05) is 20.2 Å². The summed E-state index contributed by atoms with van der Waals surface area (Å²) in [4.78, 5) is 29.4. The molecule has 0 unspecified atom stereocenters. The zero-order valence-electron chi connectivity index (χ0n) is 12.9. The molecule has 0 bridgehead atoms. The van der Waals surface area contributed by atoms with Crippen molar-refractivity contribution in [2.45, 2.75) is 13.0 Å². The van der Waals surface area contributed by atoms with E-state index in [4.69, 9.17) is 0 Å². The van der Waals surface area contributed by atoms with E-state index in [0.29, 0.717) is 18.7 Å². The molecule has 0 radical (unpaired) electrons. The van der Waals surface area contributed by atoms with Crippen LogP contribution in [0, 0.1) is 6.92 Å². The Labute approximate surface area is 138 Å². The lowest BCUT2D eigenvalue weighted by atomic mass is 10.1. The highest BCUT2D eigenvalue weighted by Gasteiger charge is 2.32. The summed E-state index contributed by atoms with van der Waals surface area (Å²) in [6, 6.07) is 7.35. The number of methoxy groups -OCH3 is 1. The second kappa shape index (κ2) is 6.37. The molecule has 3 rings (SSSR count). The van der Waals surface area contributed by atoms with Gasteiger partial charge in [0.25, 0.3) is 5.91 Å². The van der Waals surface area contributed by atoms with Gasteiger partial charge in [0.05, 0.1) is 13.2 Å². The molecular weight excluding hydrogens is 314 g/mol. The molecule has 0 aliphatic carbocycles. The number of hydrogen-bond donors (Lipinski definition) is 1. The van der Waals surface area contributed by atoms with Gasteiger partial charge in [0.15, 0.2) is 0 Å². The third-order valence-corrected chi connectivity index (χ3v) is 4.67. The lowest BCUT2D eigenvalue weighted by Gasteiger charge is -2.38. The Morgan fingerprint density at radius 1 is 1.30 bits per heavy atom. The van der Waals surface area contributed by atoms with E-state index in [9.17, 15) is 9.59 Å². The summed E-state index contributed by atoms with van der Waals surface area (Å²) in [7, 11) is 1.35. The standard InChI is InChI=1S/C16H17N3O3S/c1-10-9-23-15(17-10)12-5-3-11(4-6-12)14(20)18-13-7-19(8-13)16(21)22-2/h3-6,9,13H,7-8H2,1-2H3,(H,18,20). The molecule has 2 heterocycles. The van der Waals surface area contributed by atoms with Crippen LogP contribution in [0.5, 0.6) is 0 Å². The van der Waals surface area contributed by atoms with E-state index >= 15 is 0 Å². The SMILES string of the molecule is COC(=O)N1CC(NC(=O)c2ccc(-c3nc(C)cs3)cc2)C1. The number of amides is 2. The number of benzene rings is 1. The molecule has 1 aromatic heterocycles. The average molecular weight is 331 g/mol. The van der Waals surface area contributed by atoms with Gasteiger partial charge in [-0.15, -0.1) is 11.3 Å². The third-order valence-electron chi connectivity index (χ3n) is 3.66. The van der Waals surface area contributed by atoms with Crippen LogP contribution < -0.4 is 5.32 Å². The van der Waals surface area contributed by atoms with Crippen molar-refractivity contribution >= 4 is 23.3 Å². The van der Waals surface area contributed by atoms with Crippen molar-refractivity contribution < 1.29 is 14.3 Å². The summed E-state index contributed by atoms with van der Waals surface area (Å²) in [5.74, 6) is -0.138. The van der Waals surface area contributed by atoms with Crippen LogP contribution in [-0.2, 0) is 4.74 Å². The van der Waals surface area contributed by atoms with Gasteiger partial charge in [0, 0.05) is 35.3 Å². The fraction of sp³-hybridized carbons (Fsp3) is 0.312. The number of likely N-dealkylation sites (tertiary alicyclic amines) is 1. The van der Waals surface area contributed by atoms with E-state index in [1.165, 1.54) is 7.11 Å². The largest absolute Gasteiger partial charge is 0.453 e. The molecule has 0 spiro atoms. The molecule has 0 saturated carbocycles. The Hall–Kier alpha value is -2.41. The number of rotatable bonds is 3. The predicted octanol–water partition coefficient (Wildman–Crippen LogP) is 2.30. The topological polar surface area (TPSA) is 71.5 Å². The number of thiazole rings is 1. The molecule has 1 N–H and O–H groups in total. The fourth-order valence-electron chi connectivity index (χ4n) is 2.37. The van der Waals surface area contributed by atoms with Gasteiger partial charge in [-0.2, -0.15) is 0 Å². The van der Waals surface area contributed by atoms with Gasteiger partial charge in [0.1, 0.15) is 5.01 Å². The molecule has 0 atom stereocenters. The molecule has 1 fully saturated rings. The average Bonchev–Trinajstić information content (AvgIpc) is 2.96. The first kappa shape index (κ1) is 15.5. The second-order valence-corrected chi connectivity index (χ2v) is 6.27. The third kappa shape index (κ3) is 3.34.